The first-order valence-corrected chi connectivity index (χ1v) is 6.66. The Hall–Kier alpha value is -0.980. The van der Waals surface area contributed by atoms with Crippen molar-refractivity contribution in [3.8, 4) is 0 Å². The van der Waals surface area contributed by atoms with Crippen molar-refractivity contribution in [3.05, 3.63) is 11.7 Å². The van der Waals surface area contributed by atoms with Gasteiger partial charge in [0.2, 0.25) is 5.89 Å². The summed E-state index contributed by atoms with van der Waals surface area (Å²) in [6, 6.07) is 0.180. The predicted octanol–water partition coefficient (Wildman–Crippen LogP) is 0.962. The molecule has 6 heteroatoms. The van der Waals surface area contributed by atoms with Crippen LogP contribution in [-0.2, 0) is 11.3 Å². The Balaban J connectivity index is 1.87. The molecule has 1 N–H and O–H groups in total. The zero-order valence-corrected chi connectivity index (χ0v) is 11.2. The van der Waals surface area contributed by atoms with E-state index in [1.54, 1.807) is 0 Å². The Morgan fingerprint density at radius 3 is 2.94 bits per heavy atom. The third-order valence-electron chi connectivity index (χ3n) is 3.12. The van der Waals surface area contributed by atoms with Crippen molar-refractivity contribution in [3.63, 3.8) is 0 Å². The van der Waals surface area contributed by atoms with Gasteiger partial charge in [0.05, 0.1) is 6.04 Å². The quantitative estimate of drug-likeness (QED) is 0.763. The van der Waals surface area contributed by atoms with E-state index in [9.17, 15) is 0 Å². The highest BCUT2D eigenvalue weighted by Crippen LogP contribution is 2.18. The summed E-state index contributed by atoms with van der Waals surface area (Å²) in [6.07, 6.45) is 1.00. The molecule has 0 amide bonds. The van der Waals surface area contributed by atoms with Crippen molar-refractivity contribution >= 4 is 0 Å². The topological polar surface area (TPSA) is 63.4 Å². The van der Waals surface area contributed by atoms with E-state index in [-0.39, 0.29) is 6.04 Å². The van der Waals surface area contributed by atoms with Crippen LogP contribution in [0.3, 0.4) is 0 Å². The minimum absolute atomic E-state index is 0.180. The van der Waals surface area contributed by atoms with E-state index in [4.69, 9.17) is 9.26 Å². The average Bonchev–Trinajstić information content (AvgIpc) is 2.88. The van der Waals surface area contributed by atoms with Gasteiger partial charge in [-0.3, -0.25) is 4.90 Å². The molecule has 1 aromatic heterocycles. The van der Waals surface area contributed by atoms with Gasteiger partial charge in [-0.15, -0.1) is 0 Å². The summed E-state index contributed by atoms with van der Waals surface area (Å²) in [5, 5.41) is 7.28. The molecule has 0 spiro atoms. The summed E-state index contributed by atoms with van der Waals surface area (Å²) in [5.41, 5.74) is 0. The molecule has 1 aromatic rings. The molecule has 0 aliphatic carbocycles. The Labute approximate surface area is 108 Å². The summed E-state index contributed by atoms with van der Waals surface area (Å²) in [4.78, 5) is 6.74. The number of hydrogen-bond acceptors (Lipinski definition) is 6. The fraction of sp³-hybridized carbons (Fsp3) is 0.833. The van der Waals surface area contributed by atoms with Gasteiger partial charge < -0.3 is 14.6 Å². The molecule has 1 aliphatic heterocycles. The van der Waals surface area contributed by atoms with Gasteiger partial charge in [-0.2, -0.15) is 4.98 Å². The summed E-state index contributed by atoms with van der Waals surface area (Å²) >= 11 is 0. The Bertz CT molecular complexity index is 350. The van der Waals surface area contributed by atoms with Crippen LogP contribution < -0.4 is 5.32 Å². The third-order valence-corrected chi connectivity index (χ3v) is 3.12. The van der Waals surface area contributed by atoms with Gasteiger partial charge in [-0.05, 0) is 13.3 Å². The van der Waals surface area contributed by atoms with Crippen LogP contribution in [0.5, 0.6) is 0 Å². The van der Waals surface area contributed by atoms with Crippen molar-refractivity contribution in [1.82, 2.24) is 20.4 Å². The number of rotatable bonds is 6. The van der Waals surface area contributed by atoms with Crippen molar-refractivity contribution in [1.29, 1.82) is 0 Å². The van der Waals surface area contributed by atoms with Crippen LogP contribution in [0.4, 0.5) is 0 Å². The third kappa shape index (κ3) is 3.51. The molecule has 2 heterocycles. The first-order valence-electron chi connectivity index (χ1n) is 6.66. The highest BCUT2D eigenvalue weighted by Gasteiger charge is 2.22. The van der Waals surface area contributed by atoms with Crippen molar-refractivity contribution < 1.29 is 9.26 Å². The maximum absolute atomic E-state index is 5.40. The molecule has 1 aliphatic rings. The summed E-state index contributed by atoms with van der Waals surface area (Å²) < 4.78 is 10.7. The molecule has 1 saturated heterocycles. The highest BCUT2D eigenvalue weighted by molar-refractivity contribution is 4.92. The first-order chi connectivity index (χ1) is 8.81. The minimum Gasteiger partial charge on any atom is -0.373 e. The monoisotopic (exact) mass is 254 g/mol. The molecule has 18 heavy (non-hydrogen) atoms. The van der Waals surface area contributed by atoms with E-state index in [2.05, 4.69) is 34.2 Å². The number of ether oxygens (including phenoxy) is 1. The van der Waals surface area contributed by atoms with Gasteiger partial charge in [0, 0.05) is 32.8 Å². The molecule has 0 saturated carbocycles. The van der Waals surface area contributed by atoms with Crippen LogP contribution in [0.25, 0.3) is 0 Å². The first kappa shape index (κ1) is 13.5. The summed E-state index contributed by atoms with van der Waals surface area (Å²) in [5.74, 6) is 1.33. The lowest BCUT2D eigenvalue weighted by molar-refractivity contribution is 0.114. The van der Waals surface area contributed by atoms with E-state index in [0.29, 0.717) is 18.3 Å². The van der Waals surface area contributed by atoms with Gasteiger partial charge >= 0.3 is 0 Å². The zero-order chi connectivity index (χ0) is 12.8. The SMILES string of the molecule is CCCOCc1noc(C(C)N2CCNCC2)n1. The molecular weight excluding hydrogens is 232 g/mol. The van der Waals surface area contributed by atoms with Crippen molar-refractivity contribution in [2.45, 2.75) is 32.9 Å². The fourth-order valence-corrected chi connectivity index (χ4v) is 2.03. The van der Waals surface area contributed by atoms with E-state index in [1.807, 2.05) is 0 Å². The second-order valence-electron chi connectivity index (χ2n) is 4.56. The second-order valence-corrected chi connectivity index (χ2v) is 4.56. The van der Waals surface area contributed by atoms with Crippen molar-refractivity contribution in [2.75, 3.05) is 32.8 Å². The predicted molar refractivity (Wildman–Crippen MR) is 67.1 cm³/mol. The van der Waals surface area contributed by atoms with Crippen LogP contribution in [0.15, 0.2) is 4.52 Å². The van der Waals surface area contributed by atoms with E-state index in [0.717, 1.165) is 39.2 Å². The summed E-state index contributed by atoms with van der Waals surface area (Å²) in [6.45, 7) is 9.43. The number of hydrogen-bond donors (Lipinski definition) is 1. The number of nitrogens with zero attached hydrogens (tertiary/aromatic N) is 3. The lowest BCUT2D eigenvalue weighted by atomic mass is 10.2. The van der Waals surface area contributed by atoms with Gasteiger partial charge in [-0.25, -0.2) is 0 Å². The normalized spacial score (nSPS) is 19.0. The lowest BCUT2D eigenvalue weighted by Crippen LogP contribution is -2.44. The van der Waals surface area contributed by atoms with E-state index in [1.165, 1.54) is 0 Å². The molecular formula is C12H22N4O2. The maximum atomic E-state index is 5.40. The molecule has 1 unspecified atom stereocenters. The molecule has 2 rings (SSSR count). The van der Waals surface area contributed by atoms with Crippen LogP contribution in [0.2, 0.25) is 0 Å². The standard InChI is InChI=1S/C12H22N4O2/c1-3-8-17-9-11-14-12(18-15-11)10(2)16-6-4-13-5-7-16/h10,13H,3-9H2,1-2H3. The van der Waals surface area contributed by atoms with Gasteiger partial charge in [-0.1, -0.05) is 12.1 Å². The maximum Gasteiger partial charge on any atom is 0.243 e. The molecule has 1 atom stereocenters. The second kappa shape index (κ2) is 6.82. The van der Waals surface area contributed by atoms with Crippen LogP contribution in [-0.4, -0.2) is 47.8 Å². The Morgan fingerprint density at radius 2 is 2.22 bits per heavy atom. The fourth-order valence-electron chi connectivity index (χ4n) is 2.03. The van der Waals surface area contributed by atoms with Crippen molar-refractivity contribution in [2.24, 2.45) is 0 Å². The van der Waals surface area contributed by atoms with E-state index < -0.39 is 0 Å². The zero-order valence-electron chi connectivity index (χ0n) is 11.2. The molecule has 0 aromatic carbocycles. The largest absolute Gasteiger partial charge is 0.373 e. The van der Waals surface area contributed by atoms with Gasteiger partial charge in [0.1, 0.15) is 6.61 Å². The molecule has 102 valence electrons. The average molecular weight is 254 g/mol. The van der Waals surface area contributed by atoms with E-state index >= 15 is 0 Å². The van der Waals surface area contributed by atoms with Crippen LogP contribution in [0, 0.1) is 0 Å². The highest BCUT2D eigenvalue weighted by atomic mass is 16.5. The van der Waals surface area contributed by atoms with Gasteiger partial charge in [0.15, 0.2) is 5.82 Å². The molecule has 0 bridgehead atoms. The summed E-state index contributed by atoms with van der Waals surface area (Å²) in [7, 11) is 0. The molecule has 6 nitrogen and oxygen atoms in total. The lowest BCUT2D eigenvalue weighted by Gasteiger charge is -2.30. The van der Waals surface area contributed by atoms with Crippen LogP contribution in [0.1, 0.15) is 38.0 Å². The molecule has 1 fully saturated rings. The van der Waals surface area contributed by atoms with Crippen LogP contribution >= 0.6 is 0 Å². The number of aromatic nitrogens is 2. The molecule has 0 radical (unpaired) electrons. The number of nitrogens with one attached hydrogen (secondary N) is 1. The Kier molecular flexibility index (Phi) is 5.10. The number of piperazine rings is 1. The smallest absolute Gasteiger partial charge is 0.243 e. The minimum atomic E-state index is 0.180. The van der Waals surface area contributed by atoms with Gasteiger partial charge in [0.25, 0.3) is 0 Å². The Morgan fingerprint density at radius 1 is 1.44 bits per heavy atom.